The molecule has 0 fully saturated rings. The van der Waals surface area contributed by atoms with Crippen molar-refractivity contribution in [2.45, 2.75) is 13.5 Å². The molecular formula is C19H17NO4. The number of carboxylic acids is 1. The molecule has 2 aromatic carbocycles. The molecule has 0 radical (unpaired) electrons. The van der Waals surface area contributed by atoms with Crippen molar-refractivity contribution in [2.75, 3.05) is 7.11 Å². The van der Waals surface area contributed by atoms with Crippen molar-refractivity contribution in [3.05, 3.63) is 64.8 Å². The number of benzene rings is 2. The van der Waals surface area contributed by atoms with Crippen LogP contribution in [0.1, 0.15) is 32.0 Å². The number of carbonyl (C=O) groups is 2. The van der Waals surface area contributed by atoms with E-state index in [2.05, 4.69) is 0 Å². The molecule has 3 rings (SSSR count). The average Bonchev–Trinajstić information content (AvgIpc) is 2.89. The molecule has 0 amide bonds. The lowest BCUT2D eigenvalue weighted by molar-refractivity contribution is 0.0683. The van der Waals surface area contributed by atoms with Crippen LogP contribution >= 0.6 is 0 Å². The Labute approximate surface area is 139 Å². The monoisotopic (exact) mass is 323 g/mol. The van der Waals surface area contributed by atoms with E-state index in [1.54, 1.807) is 29.9 Å². The summed E-state index contributed by atoms with van der Waals surface area (Å²) in [6.07, 6.45) is 0.601. The van der Waals surface area contributed by atoms with Gasteiger partial charge >= 0.3 is 5.97 Å². The molecule has 5 heteroatoms. The zero-order valence-corrected chi connectivity index (χ0v) is 13.4. The zero-order valence-electron chi connectivity index (χ0n) is 13.4. The first-order valence-electron chi connectivity index (χ1n) is 7.49. The van der Waals surface area contributed by atoms with Crippen LogP contribution in [-0.2, 0) is 6.54 Å². The number of rotatable bonds is 5. The molecule has 122 valence electrons. The number of aldehydes is 1. The number of hydrogen-bond donors (Lipinski definition) is 1. The molecule has 5 nitrogen and oxygen atoms in total. The Kier molecular flexibility index (Phi) is 4.08. The average molecular weight is 323 g/mol. The molecule has 0 spiro atoms. The van der Waals surface area contributed by atoms with Gasteiger partial charge in [0.1, 0.15) is 11.4 Å². The highest BCUT2D eigenvalue weighted by Crippen LogP contribution is 2.29. The number of hydrogen-bond acceptors (Lipinski definition) is 3. The van der Waals surface area contributed by atoms with Crippen LogP contribution in [0.15, 0.2) is 42.5 Å². The molecule has 1 aromatic heterocycles. The predicted octanol–water partition coefficient (Wildman–Crippen LogP) is 3.52. The minimum Gasteiger partial charge on any atom is -0.497 e. The van der Waals surface area contributed by atoms with Crippen molar-refractivity contribution in [1.82, 2.24) is 4.57 Å². The van der Waals surface area contributed by atoms with Gasteiger partial charge in [0, 0.05) is 18.0 Å². The number of fused-ring (bicyclic) bond motifs is 1. The molecule has 0 atom stereocenters. The predicted molar refractivity (Wildman–Crippen MR) is 91.1 cm³/mol. The molecule has 0 bridgehead atoms. The van der Waals surface area contributed by atoms with Gasteiger partial charge in [-0.3, -0.25) is 4.79 Å². The molecule has 24 heavy (non-hydrogen) atoms. The third-order valence-electron chi connectivity index (χ3n) is 4.09. The lowest BCUT2D eigenvalue weighted by Gasteiger charge is -2.10. The Morgan fingerprint density at radius 2 is 1.92 bits per heavy atom. The van der Waals surface area contributed by atoms with E-state index in [1.807, 2.05) is 31.2 Å². The van der Waals surface area contributed by atoms with Gasteiger partial charge in [0.25, 0.3) is 0 Å². The molecule has 1 N–H and O–H groups in total. The number of carbonyl (C=O) groups excluding carboxylic acids is 1. The van der Waals surface area contributed by atoms with Crippen molar-refractivity contribution >= 4 is 23.2 Å². The summed E-state index contributed by atoms with van der Waals surface area (Å²) in [6, 6.07) is 13.0. The molecule has 0 aliphatic carbocycles. The van der Waals surface area contributed by atoms with Crippen LogP contribution in [-0.4, -0.2) is 29.0 Å². The fraction of sp³-hybridized carbons (Fsp3) is 0.158. The van der Waals surface area contributed by atoms with Gasteiger partial charge in [-0.25, -0.2) is 4.79 Å². The van der Waals surface area contributed by atoms with E-state index in [9.17, 15) is 14.7 Å². The summed E-state index contributed by atoms with van der Waals surface area (Å²) in [7, 11) is 1.55. The van der Waals surface area contributed by atoms with E-state index in [0.29, 0.717) is 29.5 Å². The van der Waals surface area contributed by atoms with Gasteiger partial charge < -0.3 is 14.4 Å². The highest BCUT2D eigenvalue weighted by atomic mass is 16.5. The van der Waals surface area contributed by atoms with Crippen molar-refractivity contribution in [3.8, 4) is 5.75 Å². The summed E-state index contributed by atoms with van der Waals surface area (Å²) in [5, 5.41) is 10.2. The highest BCUT2D eigenvalue weighted by Gasteiger charge is 2.22. The molecule has 0 saturated heterocycles. The van der Waals surface area contributed by atoms with E-state index < -0.39 is 5.97 Å². The standard InChI is InChI=1S/C19H17NO4/c1-12-3-5-13(6-4-12)10-20-17-9-14(24-2)7-8-15(17)16(11-21)18(20)19(22)23/h3-9,11H,10H2,1-2H3,(H,22,23). The summed E-state index contributed by atoms with van der Waals surface area (Å²) in [4.78, 5) is 23.3. The second kappa shape index (κ2) is 6.20. The largest absolute Gasteiger partial charge is 0.497 e. The van der Waals surface area contributed by atoms with Crippen LogP contribution in [0.2, 0.25) is 0 Å². The highest BCUT2D eigenvalue weighted by molar-refractivity contribution is 6.08. The second-order valence-electron chi connectivity index (χ2n) is 5.64. The summed E-state index contributed by atoms with van der Waals surface area (Å²) in [6.45, 7) is 2.35. The molecule has 3 aromatic rings. The maximum Gasteiger partial charge on any atom is 0.353 e. The first kappa shape index (κ1) is 15.8. The first-order valence-corrected chi connectivity index (χ1v) is 7.49. The van der Waals surface area contributed by atoms with Crippen LogP contribution in [0, 0.1) is 6.92 Å². The summed E-state index contributed by atoms with van der Waals surface area (Å²) in [5.41, 5.74) is 2.93. The minimum absolute atomic E-state index is 0.00571. The quantitative estimate of drug-likeness (QED) is 0.730. The molecule has 0 unspecified atom stereocenters. The van der Waals surface area contributed by atoms with Crippen LogP contribution < -0.4 is 4.74 Å². The Morgan fingerprint density at radius 3 is 2.50 bits per heavy atom. The molecule has 0 aliphatic rings. The number of methoxy groups -OCH3 is 1. The number of ether oxygens (including phenoxy) is 1. The second-order valence-corrected chi connectivity index (χ2v) is 5.64. The van der Waals surface area contributed by atoms with Crippen molar-refractivity contribution in [2.24, 2.45) is 0 Å². The van der Waals surface area contributed by atoms with Crippen LogP contribution in [0.5, 0.6) is 5.75 Å². The summed E-state index contributed by atoms with van der Waals surface area (Å²) < 4.78 is 6.88. The number of aromatic nitrogens is 1. The van der Waals surface area contributed by atoms with Crippen molar-refractivity contribution in [3.63, 3.8) is 0 Å². The third-order valence-corrected chi connectivity index (χ3v) is 4.09. The van der Waals surface area contributed by atoms with Gasteiger partial charge in [0.15, 0.2) is 6.29 Å². The molecular weight excluding hydrogens is 306 g/mol. The van der Waals surface area contributed by atoms with E-state index in [0.717, 1.165) is 11.1 Å². The molecule has 0 aliphatic heterocycles. The van der Waals surface area contributed by atoms with Crippen LogP contribution in [0.4, 0.5) is 0 Å². The maximum atomic E-state index is 11.8. The number of aryl methyl sites for hydroxylation is 1. The Bertz CT molecular complexity index is 923. The normalized spacial score (nSPS) is 10.8. The van der Waals surface area contributed by atoms with Gasteiger partial charge in [-0.1, -0.05) is 29.8 Å². The van der Waals surface area contributed by atoms with Crippen molar-refractivity contribution < 1.29 is 19.4 Å². The smallest absolute Gasteiger partial charge is 0.353 e. The lowest BCUT2D eigenvalue weighted by Crippen LogP contribution is -2.11. The lowest BCUT2D eigenvalue weighted by atomic mass is 10.1. The summed E-state index contributed by atoms with van der Waals surface area (Å²) in [5.74, 6) is -0.515. The number of carboxylic acid groups (broad SMARTS) is 1. The van der Waals surface area contributed by atoms with Crippen molar-refractivity contribution in [1.29, 1.82) is 0 Å². The van der Waals surface area contributed by atoms with E-state index >= 15 is 0 Å². The Balaban J connectivity index is 2.26. The first-order chi connectivity index (χ1) is 11.5. The number of aromatic carboxylic acids is 1. The van der Waals surface area contributed by atoms with Crippen LogP contribution in [0.25, 0.3) is 10.9 Å². The van der Waals surface area contributed by atoms with E-state index in [-0.39, 0.29) is 11.3 Å². The summed E-state index contributed by atoms with van der Waals surface area (Å²) >= 11 is 0. The van der Waals surface area contributed by atoms with Gasteiger partial charge in [-0.2, -0.15) is 0 Å². The van der Waals surface area contributed by atoms with Gasteiger partial charge in [-0.15, -0.1) is 0 Å². The maximum absolute atomic E-state index is 11.8. The Morgan fingerprint density at radius 1 is 1.21 bits per heavy atom. The van der Waals surface area contributed by atoms with Crippen LogP contribution in [0.3, 0.4) is 0 Å². The SMILES string of the molecule is COc1ccc2c(C=O)c(C(=O)O)n(Cc3ccc(C)cc3)c2c1. The van der Waals surface area contributed by atoms with Gasteiger partial charge in [-0.05, 0) is 24.6 Å². The Hall–Kier alpha value is -3.08. The van der Waals surface area contributed by atoms with Gasteiger partial charge in [0.05, 0.1) is 18.2 Å². The third kappa shape index (κ3) is 2.65. The minimum atomic E-state index is -1.13. The van der Waals surface area contributed by atoms with Gasteiger partial charge in [0.2, 0.25) is 0 Å². The number of nitrogens with zero attached hydrogens (tertiary/aromatic N) is 1. The fourth-order valence-corrected chi connectivity index (χ4v) is 2.87. The van der Waals surface area contributed by atoms with E-state index in [4.69, 9.17) is 4.74 Å². The van der Waals surface area contributed by atoms with E-state index in [1.165, 1.54) is 0 Å². The molecule has 1 heterocycles. The molecule has 0 saturated carbocycles. The fourth-order valence-electron chi connectivity index (χ4n) is 2.87. The topological polar surface area (TPSA) is 68.5 Å². The zero-order chi connectivity index (χ0) is 17.3.